The summed E-state index contributed by atoms with van der Waals surface area (Å²) in [6, 6.07) is 14.3. The molecule has 0 bridgehead atoms. The zero-order valence-corrected chi connectivity index (χ0v) is 13.2. The van der Waals surface area contributed by atoms with Crippen LogP contribution in [-0.2, 0) is 10.8 Å². The predicted octanol–water partition coefficient (Wildman–Crippen LogP) is 3.63. The molecule has 0 amide bonds. The highest BCUT2D eigenvalue weighted by Gasteiger charge is 2.18. The molecule has 0 aliphatic heterocycles. The van der Waals surface area contributed by atoms with Crippen LogP contribution in [0.5, 0.6) is 0 Å². The number of rotatable bonds is 5. The molecule has 0 aromatic heterocycles. The molecule has 3 unspecified atom stereocenters. The van der Waals surface area contributed by atoms with Gasteiger partial charge in [-0.3, -0.25) is 4.21 Å². The molecular formula is C17H23NOS. The Balaban J connectivity index is 2.15. The van der Waals surface area contributed by atoms with Gasteiger partial charge in [0.15, 0.2) is 0 Å². The molecule has 2 aromatic carbocycles. The van der Waals surface area contributed by atoms with Gasteiger partial charge in [-0.25, -0.2) is 0 Å². The molecule has 0 aliphatic carbocycles. The summed E-state index contributed by atoms with van der Waals surface area (Å²) >= 11 is 0. The Morgan fingerprint density at radius 1 is 1.05 bits per heavy atom. The van der Waals surface area contributed by atoms with Crippen LogP contribution in [0.25, 0.3) is 10.8 Å². The summed E-state index contributed by atoms with van der Waals surface area (Å²) < 4.78 is 12.3. The molecule has 3 atom stereocenters. The maximum Gasteiger partial charge on any atom is 0.0431 e. The first-order valence-electron chi connectivity index (χ1n) is 7.10. The van der Waals surface area contributed by atoms with Gasteiger partial charge < -0.3 is 5.73 Å². The highest BCUT2D eigenvalue weighted by molar-refractivity contribution is 7.85. The second-order valence-electron chi connectivity index (χ2n) is 5.71. The lowest BCUT2D eigenvalue weighted by Crippen LogP contribution is -2.26. The van der Waals surface area contributed by atoms with E-state index in [-0.39, 0.29) is 11.3 Å². The molecule has 2 N–H and O–H groups in total. The molecule has 20 heavy (non-hydrogen) atoms. The Hall–Kier alpha value is -1.19. The fourth-order valence-corrected chi connectivity index (χ4v) is 3.62. The summed E-state index contributed by atoms with van der Waals surface area (Å²) in [6.45, 7) is 6.24. The summed E-state index contributed by atoms with van der Waals surface area (Å²) in [5.74, 6) is 0.942. The van der Waals surface area contributed by atoms with Crippen molar-refractivity contribution < 1.29 is 4.21 Å². The van der Waals surface area contributed by atoms with E-state index in [1.165, 1.54) is 10.8 Å². The summed E-state index contributed by atoms with van der Waals surface area (Å²) in [7, 11) is -0.884. The van der Waals surface area contributed by atoms with E-state index in [1.807, 2.05) is 25.1 Å². The van der Waals surface area contributed by atoms with Gasteiger partial charge in [0.2, 0.25) is 0 Å². The molecule has 2 nitrogen and oxygen atoms in total. The quantitative estimate of drug-likeness (QED) is 0.913. The highest BCUT2D eigenvalue weighted by Crippen LogP contribution is 2.21. The minimum Gasteiger partial charge on any atom is -0.323 e. The fraction of sp³-hybridized carbons (Fsp3) is 0.412. The molecule has 108 valence electrons. The Morgan fingerprint density at radius 3 is 2.35 bits per heavy atom. The monoisotopic (exact) mass is 289 g/mol. The largest absolute Gasteiger partial charge is 0.323 e. The molecule has 0 spiro atoms. The van der Waals surface area contributed by atoms with Gasteiger partial charge in [-0.1, -0.05) is 57.2 Å². The average molecular weight is 289 g/mol. The normalized spacial score (nSPS) is 16.2. The second kappa shape index (κ2) is 6.51. The van der Waals surface area contributed by atoms with Crippen LogP contribution >= 0.6 is 0 Å². The number of fused-ring (bicyclic) bond motifs is 1. The van der Waals surface area contributed by atoms with Crippen LogP contribution in [0.1, 0.15) is 32.4 Å². The molecule has 0 heterocycles. The third kappa shape index (κ3) is 3.47. The van der Waals surface area contributed by atoms with E-state index in [2.05, 4.69) is 38.1 Å². The van der Waals surface area contributed by atoms with Crippen LogP contribution in [0.15, 0.2) is 42.5 Å². The zero-order chi connectivity index (χ0) is 14.7. The maximum absolute atomic E-state index is 12.3. The number of hydrogen-bond acceptors (Lipinski definition) is 2. The average Bonchev–Trinajstić information content (AvgIpc) is 2.45. The number of benzene rings is 2. The highest BCUT2D eigenvalue weighted by atomic mass is 32.2. The summed E-state index contributed by atoms with van der Waals surface area (Å²) in [5, 5.41) is 2.57. The maximum atomic E-state index is 12.3. The number of nitrogens with two attached hydrogens (primary N) is 1. The van der Waals surface area contributed by atoms with E-state index in [0.717, 1.165) is 5.56 Å². The van der Waals surface area contributed by atoms with E-state index in [1.54, 1.807) is 0 Å². The minimum atomic E-state index is -0.884. The van der Waals surface area contributed by atoms with E-state index < -0.39 is 10.8 Å². The molecule has 0 aliphatic rings. The fourth-order valence-electron chi connectivity index (χ4n) is 2.17. The van der Waals surface area contributed by atoms with Crippen molar-refractivity contribution in [3.05, 3.63) is 48.0 Å². The van der Waals surface area contributed by atoms with Gasteiger partial charge in [0, 0.05) is 27.8 Å². The molecular weight excluding hydrogens is 266 g/mol. The Labute approximate surface area is 123 Å². The van der Waals surface area contributed by atoms with Gasteiger partial charge in [-0.2, -0.15) is 0 Å². The van der Waals surface area contributed by atoms with E-state index >= 15 is 0 Å². The first-order chi connectivity index (χ1) is 9.49. The lowest BCUT2D eigenvalue weighted by molar-refractivity contribution is 0.601. The van der Waals surface area contributed by atoms with Crippen molar-refractivity contribution in [1.82, 2.24) is 0 Å². The molecule has 0 radical (unpaired) electrons. The minimum absolute atomic E-state index is 0.165. The zero-order valence-electron chi connectivity index (χ0n) is 12.4. The van der Waals surface area contributed by atoms with Crippen molar-refractivity contribution in [2.24, 2.45) is 11.7 Å². The smallest absolute Gasteiger partial charge is 0.0431 e. The standard InChI is InChI=1S/C17H23NOS/c1-12(2)13(3)20(19)11-17(18)16-9-8-14-6-4-5-7-15(14)10-16/h4-10,12-13,17H,11,18H2,1-3H3. The predicted molar refractivity (Wildman–Crippen MR) is 88.2 cm³/mol. The van der Waals surface area contributed by atoms with Crippen molar-refractivity contribution in [3.8, 4) is 0 Å². The van der Waals surface area contributed by atoms with Crippen LogP contribution < -0.4 is 5.73 Å². The summed E-state index contributed by atoms with van der Waals surface area (Å²) in [4.78, 5) is 0. The molecule has 0 fully saturated rings. The first-order valence-corrected chi connectivity index (χ1v) is 8.48. The molecule has 0 saturated carbocycles. The van der Waals surface area contributed by atoms with Gasteiger partial charge >= 0.3 is 0 Å². The van der Waals surface area contributed by atoms with Crippen LogP contribution in [0.4, 0.5) is 0 Å². The van der Waals surface area contributed by atoms with Gasteiger partial charge in [0.25, 0.3) is 0 Å². The number of hydrogen-bond donors (Lipinski definition) is 1. The first kappa shape index (κ1) is 15.2. The van der Waals surface area contributed by atoms with Crippen molar-refractivity contribution >= 4 is 21.6 Å². The van der Waals surface area contributed by atoms with Crippen LogP contribution in [-0.4, -0.2) is 15.2 Å². The van der Waals surface area contributed by atoms with Crippen LogP contribution in [0, 0.1) is 5.92 Å². The van der Waals surface area contributed by atoms with Crippen LogP contribution in [0.2, 0.25) is 0 Å². The van der Waals surface area contributed by atoms with Crippen molar-refractivity contribution in [2.75, 3.05) is 5.75 Å². The van der Waals surface area contributed by atoms with Crippen molar-refractivity contribution in [1.29, 1.82) is 0 Å². The van der Waals surface area contributed by atoms with Gasteiger partial charge in [0.1, 0.15) is 0 Å². The lowest BCUT2D eigenvalue weighted by atomic mass is 10.0. The lowest BCUT2D eigenvalue weighted by Gasteiger charge is -2.18. The molecule has 2 aromatic rings. The Bertz CT molecular complexity index is 609. The Morgan fingerprint density at radius 2 is 1.70 bits per heavy atom. The SMILES string of the molecule is CC(C)C(C)S(=O)CC(N)c1ccc2ccccc2c1. The molecule has 3 heteroatoms. The van der Waals surface area contributed by atoms with E-state index in [4.69, 9.17) is 5.73 Å². The van der Waals surface area contributed by atoms with E-state index in [0.29, 0.717) is 11.7 Å². The molecule has 2 rings (SSSR count). The Kier molecular flexibility index (Phi) is 4.95. The van der Waals surface area contributed by atoms with Gasteiger partial charge in [-0.05, 0) is 28.3 Å². The second-order valence-corrected chi connectivity index (χ2v) is 7.55. The third-order valence-corrected chi connectivity index (χ3v) is 5.96. The molecule has 0 saturated heterocycles. The van der Waals surface area contributed by atoms with Crippen LogP contribution in [0.3, 0.4) is 0 Å². The summed E-state index contributed by atoms with van der Waals surface area (Å²) in [5.41, 5.74) is 7.29. The van der Waals surface area contributed by atoms with Crippen molar-refractivity contribution in [2.45, 2.75) is 32.1 Å². The third-order valence-electron chi connectivity index (χ3n) is 3.90. The van der Waals surface area contributed by atoms with Gasteiger partial charge in [-0.15, -0.1) is 0 Å². The van der Waals surface area contributed by atoms with Crippen molar-refractivity contribution in [3.63, 3.8) is 0 Å². The van der Waals surface area contributed by atoms with Gasteiger partial charge in [0.05, 0.1) is 0 Å². The summed E-state index contributed by atoms with van der Waals surface area (Å²) in [6.07, 6.45) is 0. The topological polar surface area (TPSA) is 43.1 Å². The van der Waals surface area contributed by atoms with E-state index in [9.17, 15) is 4.21 Å².